The summed E-state index contributed by atoms with van der Waals surface area (Å²) in [5.41, 5.74) is -1.15. The summed E-state index contributed by atoms with van der Waals surface area (Å²) < 4.78 is 5.08. The smallest absolute Gasteiger partial charge is 0.329 e. The Morgan fingerprint density at radius 3 is 2.90 bits per heavy atom. The van der Waals surface area contributed by atoms with Crippen LogP contribution >= 0.6 is 0 Å². The van der Waals surface area contributed by atoms with Crippen LogP contribution in [-0.4, -0.2) is 22.5 Å². The average Bonchev–Trinajstić information content (AvgIpc) is 2.92. The molecule has 0 radical (unpaired) electrons. The van der Waals surface area contributed by atoms with Gasteiger partial charge in [0.05, 0.1) is 6.26 Å². The molecule has 1 saturated carbocycles. The van der Waals surface area contributed by atoms with Crippen molar-refractivity contribution in [2.24, 2.45) is 5.92 Å². The van der Waals surface area contributed by atoms with Gasteiger partial charge in [0.1, 0.15) is 11.3 Å². The predicted molar refractivity (Wildman–Crippen MR) is 73.9 cm³/mol. The molecule has 1 aromatic heterocycles. The molecule has 0 saturated heterocycles. The van der Waals surface area contributed by atoms with E-state index < -0.39 is 17.4 Å². The van der Waals surface area contributed by atoms with E-state index in [1.54, 1.807) is 12.1 Å². The van der Waals surface area contributed by atoms with E-state index >= 15 is 0 Å². The van der Waals surface area contributed by atoms with Crippen LogP contribution in [0.2, 0.25) is 0 Å². The molecule has 2 rings (SSSR count). The highest BCUT2D eigenvalue weighted by atomic mass is 16.4. The Labute approximate surface area is 117 Å². The van der Waals surface area contributed by atoms with Gasteiger partial charge in [-0.05, 0) is 37.0 Å². The Bertz CT molecular complexity index is 506. The Hall–Kier alpha value is -2.04. The molecular formula is C15H19NO4. The second-order valence-electron chi connectivity index (χ2n) is 5.26. The number of carbonyl (C=O) groups is 2. The van der Waals surface area contributed by atoms with Crippen molar-refractivity contribution in [3.63, 3.8) is 0 Å². The standard InChI is InChI=1S/C15H19NO4/c1-11-5-2-3-9-15(11,14(18)19)16-13(17)8-7-12-6-4-10-20-12/h4,6-8,10-11H,2-3,5,9H2,1H3,(H,16,17)(H,18,19)/b8-7+. The second-order valence-corrected chi connectivity index (χ2v) is 5.26. The number of hydrogen-bond acceptors (Lipinski definition) is 3. The van der Waals surface area contributed by atoms with E-state index in [1.807, 2.05) is 6.92 Å². The normalized spacial score (nSPS) is 26.6. The first-order valence-electron chi connectivity index (χ1n) is 6.82. The molecule has 1 aliphatic carbocycles. The van der Waals surface area contributed by atoms with Crippen molar-refractivity contribution in [2.45, 2.75) is 38.1 Å². The van der Waals surface area contributed by atoms with Gasteiger partial charge in [0.2, 0.25) is 5.91 Å². The Kier molecular flexibility index (Phi) is 4.27. The number of carbonyl (C=O) groups excluding carboxylic acids is 1. The van der Waals surface area contributed by atoms with E-state index in [9.17, 15) is 14.7 Å². The summed E-state index contributed by atoms with van der Waals surface area (Å²) in [5, 5.41) is 12.2. The zero-order valence-electron chi connectivity index (χ0n) is 11.5. The van der Waals surface area contributed by atoms with Crippen molar-refractivity contribution in [2.75, 3.05) is 0 Å². The molecule has 0 aliphatic heterocycles. The van der Waals surface area contributed by atoms with Crippen LogP contribution in [0.1, 0.15) is 38.4 Å². The van der Waals surface area contributed by atoms with E-state index in [0.717, 1.165) is 19.3 Å². The number of carboxylic acids is 1. The summed E-state index contributed by atoms with van der Waals surface area (Å²) in [4.78, 5) is 23.6. The number of carboxylic acid groups (broad SMARTS) is 1. The summed E-state index contributed by atoms with van der Waals surface area (Å²) in [6, 6.07) is 3.44. The topological polar surface area (TPSA) is 79.5 Å². The number of hydrogen-bond donors (Lipinski definition) is 2. The number of rotatable bonds is 4. The molecule has 2 unspecified atom stereocenters. The fourth-order valence-corrected chi connectivity index (χ4v) is 2.71. The third kappa shape index (κ3) is 2.92. The van der Waals surface area contributed by atoms with Crippen molar-refractivity contribution < 1.29 is 19.1 Å². The van der Waals surface area contributed by atoms with E-state index in [4.69, 9.17) is 4.42 Å². The summed E-state index contributed by atoms with van der Waals surface area (Å²) in [6.07, 6.45) is 7.47. The maximum absolute atomic E-state index is 12.0. The molecule has 2 atom stereocenters. The van der Waals surface area contributed by atoms with Crippen LogP contribution in [0.15, 0.2) is 28.9 Å². The number of aliphatic carboxylic acids is 1. The van der Waals surface area contributed by atoms with E-state index in [2.05, 4.69) is 5.32 Å². The molecule has 1 amide bonds. The Morgan fingerprint density at radius 1 is 1.50 bits per heavy atom. The minimum Gasteiger partial charge on any atom is -0.479 e. The van der Waals surface area contributed by atoms with Crippen LogP contribution in [0, 0.1) is 5.92 Å². The van der Waals surface area contributed by atoms with Crippen molar-refractivity contribution >= 4 is 18.0 Å². The highest BCUT2D eigenvalue weighted by Gasteiger charge is 2.45. The zero-order valence-corrected chi connectivity index (χ0v) is 11.5. The van der Waals surface area contributed by atoms with Crippen LogP contribution in [0.3, 0.4) is 0 Å². The zero-order chi connectivity index (χ0) is 14.6. The summed E-state index contributed by atoms with van der Waals surface area (Å²) in [6.45, 7) is 1.88. The fraction of sp³-hybridized carbons (Fsp3) is 0.467. The SMILES string of the molecule is CC1CCCCC1(NC(=O)/C=C/c1ccco1)C(=O)O. The molecular weight excluding hydrogens is 258 g/mol. The molecule has 1 aliphatic rings. The quantitative estimate of drug-likeness (QED) is 0.828. The lowest BCUT2D eigenvalue weighted by Crippen LogP contribution is -2.59. The molecule has 0 bridgehead atoms. The van der Waals surface area contributed by atoms with Crippen molar-refractivity contribution in [3.8, 4) is 0 Å². The van der Waals surface area contributed by atoms with Crippen LogP contribution in [-0.2, 0) is 9.59 Å². The maximum Gasteiger partial charge on any atom is 0.329 e. The van der Waals surface area contributed by atoms with Gasteiger partial charge in [-0.1, -0.05) is 19.8 Å². The average molecular weight is 277 g/mol. The lowest BCUT2D eigenvalue weighted by Gasteiger charge is -2.39. The van der Waals surface area contributed by atoms with E-state index in [0.29, 0.717) is 12.2 Å². The van der Waals surface area contributed by atoms with Gasteiger partial charge >= 0.3 is 5.97 Å². The fourth-order valence-electron chi connectivity index (χ4n) is 2.71. The molecule has 1 aromatic rings. The number of amides is 1. The number of furan rings is 1. The second kappa shape index (κ2) is 5.94. The van der Waals surface area contributed by atoms with Gasteiger partial charge in [0.15, 0.2) is 0 Å². The van der Waals surface area contributed by atoms with Crippen LogP contribution < -0.4 is 5.32 Å². The van der Waals surface area contributed by atoms with Gasteiger partial charge in [-0.3, -0.25) is 4.79 Å². The van der Waals surface area contributed by atoms with Crippen LogP contribution in [0.4, 0.5) is 0 Å². The molecule has 20 heavy (non-hydrogen) atoms. The Morgan fingerprint density at radius 2 is 2.30 bits per heavy atom. The predicted octanol–water partition coefficient (Wildman–Crippen LogP) is 2.44. The van der Waals surface area contributed by atoms with Crippen molar-refractivity contribution in [1.82, 2.24) is 5.32 Å². The first-order chi connectivity index (χ1) is 9.54. The van der Waals surface area contributed by atoms with Gasteiger partial charge < -0.3 is 14.8 Å². The minimum absolute atomic E-state index is 0.0743. The molecule has 0 aromatic carbocycles. The summed E-state index contributed by atoms with van der Waals surface area (Å²) in [5.74, 6) is -0.877. The molecule has 1 heterocycles. The third-order valence-electron chi connectivity index (χ3n) is 3.97. The maximum atomic E-state index is 12.0. The van der Waals surface area contributed by atoms with E-state index in [1.165, 1.54) is 18.4 Å². The molecule has 108 valence electrons. The Balaban J connectivity index is 2.08. The summed E-state index contributed by atoms with van der Waals surface area (Å²) >= 11 is 0. The first-order valence-corrected chi connectivity index (χ1v) is 6.82. The minimum atomic E-state index is -1.15. The highest BCUT2D eigenvalue weighted by Crippen LogP contribution is 2.33. The monoisotopic (exact) mass is 277 g/mol. The van der Waals surface area contributed by atoms with Crippen LogP contribution in [0.5, 0.6) is 0 Å². The molecule has 2 N–H and O–H groups in total. The lowest BCUT2D eigenvalue weighted by atomic mass is 9.73. The first kappa shape index (κ1) is 14.4. The van der Waals surface area contributed by atoms with Gasteiger partial charge in [-0.25, -0.2) is 4.79 Å². The molecule has 0 spiro atoms. The highest BCUT2D eigenvalue weighted by molar-refractivity contribution is 5.95. The van der Waals surface area contributed by atoms with Crippen molar-refractivity contribution in [1.29, 1.82) is 0 Å². The molecule has 5 heteroatoms. The van der Waals surface area contributed by atoms with Gasteiger partial charge in [0, 0.05) is 6.08 Å². The van der Waals surface area contributed by atoms with Gasteiger partial charge in [-0.15, -0.1) is 0 Å². The third-order valence-corrected chi connectivity index (χ3v) is 3.97. The largest absolute Gasteiger partial charge is 0.479 e. The van der Waals surface area contributed by atoms with Gasteiger partial charge in [0.25, 0.3) is 0 Å². The summed E-state index contributed by atoms with van der Waals surface area (Å²) in [7, 11) is 0. The molecule has 1 fully saturated rings. The van der Waals surface area contributed by atoms with Crippen LogP contribution in [0.25, 0.3) is 6.08 Å². The molecule has 5 nitrogen and oxygen atoms in total. The van der Waals surface area contributed by atoms with E-state index in [-0.39, 0.29) is 5.92 Å². The van der Waals surface area contributed by atoms with Gasteiger partial charge in [-0.2, -0.15) is 0 Å². The van der Waals surface area contributed by atoms with Crippen molar-refractivity contribution in [3.05, 3.63) is 30.2 Å². The number of nitrogens with one attached hydrogen (secondary N) is 1. The lowest BCUT2D eigenvalue weighted by molar-refractivity contribution is -0.151.